The van der Waals surface area contributed by atoms with Gasteiger partial charge in [0.2, 0.25) is 5.82 Å². The van der Waals surface area contributed by atoms with Crippen molar-refractivity contribution in [2.45, 2.75) is 26.2 Å². The number of hydrogen-bond donors (Lipinski definition) is 2. The van der Waals surface area contributed by atoms with Crippen molar-refractivity contribution in [1.82, 2.24) is 20.5 Å². The highest BCUT2D eigenvalue weighted by molar-refractivity contribution is 7.99. The lowest BCUT2D eigenvalue weighted by Crippen LogP contribution is -2.27. The summed E-state index contributed by atoms with van der Waals surface area (Å²) in [4.78, 5) is 15.9. The van der Waals surface area contributed by atoms with Crippen LogP contribution in [0.2, 0.25) is 0 Å². The molecule has 0 atom stereocenters. The standard InChI is InChI=1S/C12H20N4OS/c1-5-7-18-8-6-13-10(17)9-14-11(16-15-9)12(2,3)4/h5H,1,6-8H2,2-4H3,(H,13,17)(H,14,15,16). The van der Waals surface area contributed by atoms with Gasteiger partial charge in [0.25, 0.3) is 5.91 Å². The van der Waals surface area contributed by atoms with Gasteiger partial charge in [-0.3, -0.25) is 9.89 Å². The van der Waals surface area contributed by atoms with Gasteiger partial charge in [0.1, 0.15) is 5.82 Å². The number of nitrogens with one attached hydrogen (secondary N) is 2. The summed E-state index contributed by atoms with van der Waals surface area (Å²) in [6.07, 6.45) is 1.84. The Bertz CT molecular complexity index is 408. The molecule has 0 aliphatic heterocycles. The summed E-state index contributed by atoms with van der Waals surface area (Å²) in [6.45, 7) is 10.3. The number of nitrogens with zero attached hydrogens (tertiary/aromatic N) is 2. The molecule has 0 aromatic carbocycles. The average Bonchev–Trinajstić information content (AvgIpc) is 2.77. The van der Waals surface area contributed by atoms with Crippen LogP contribution < -0.4 is 5.32 Å². The minimum atomic E-state index is -0.235. The fourth-order valence-corrected chi connectivity index (χ4v) is 1.76. The van der Waals surface area contributed by atoms with E-state index in [-0.39, 0.29) is 17.1 Å². The lowest BCUT2D eigenvalue weighted by atomic mass is 9.96. The first kappa shape index (κ1) is 14.8. The third-order valence-corrected chi connectivity index (χ3v) is 3.13. The molecule has 1 aromatic heterocycles. The number of thioether (sulfide) groups is 1. The molecule has 1 aromatic rings. The van der Waals surface area contributed by atoms with Crippen LogP contribution in [0, 0.1) is 0 Å². The van der Waals surface area contributed by atoms with Crippen molar-refractivity contribution < 1.29 is 4.79 Å². The molecular formula is C12H20N4OS. The van der Waals surface area contributed by atoms with E-state index in [1.54, 1.807) is 11.8 Å². The van der Waals surface area contributed by atoms with Gasteiger partial charge in [0, 0.05) is 23.5 Å². The van der Waals surface area contributed by atoms with Crippen LogP contribution in [-0.2, 0) is 5.41 Å². The molecule has 1 rings (SSSR count). The fraction of sp³-hybridized carbons (Fsp3) is 0.583. The highest BCUT2D eigenvalue weighted by Crippen LogP contribution is 2.17. The Morgan fingerprint density at radius 1 is 1.56 bits per heavy atom. The zero-order valence-electron chi connectivity index (χ0n) is 11.1. The van der Waals surface area contributed by atoms with Crippen LogP contribution in [0.15, 0.2) is 12.7 Å². The third kappa shape index (κ3) is 4.52. The molecule has 2 N–H and O–H groups in total. The minimum Gasteiger partial charge on any atom is -0.348 e. The Morgan fingerprint density at radius 2 is 2.28 bits per heavy atom. The molecule has 1 heterocycles. The molecule has 18 heavy (non-hydrogen) atoms. The number of hydrogen-bond acceptors (Lipinski definition) is 4. The number of amides is 1. The van der Waals surface area contributed by atoms with Crippen LogP contribution in [0.3, 0.4) is 0 Å². The van der Waals surface area contributed by atoms with Crippen LogP contribution in [0.1, 0.15) is 37.2 Å². The smallest absolute Gasteiger partial charge is 0.290 e. The first-order valence-corrected chi connectivity index (χ1v) is 7.00. The maximum Gasteiger partial charge on any atom is 0.290 e. The SMILES string of the molecule is C=CCSCCNC(=O)c1n[nH]c(C(C)(C)C)n1. The van der Waals surface area contributed by atoms with Crippen molar-refractivity contribution in [3.05, 3.63) is 24.3 Å². The molecule has 0 radical (unpaired) electrons. The van der Waals surface area contributed by atoms with Gasteiger partial charge in [-0.15, -0.1) is 11.7 Å². The maximum absolute atomic E-state index is 11.7. The van der Waals surface area contributed by atoms with Crippen molar-refractivity contribution in [2.24, 2.45) is 0 Å². The van der Waals surface area contributed by atoms with E-state index in [4.69, 9.17) is 0 Å². The summed E-state index contributed by atoms with van der Waals surface area (Å²) >= 11 is 1.72. The van der Waals surface area contributed by atoms with Crippen LogP contribution in [0.25, 0.3) is 0 Å². The molecule has 0 bridgehead atoms. The van der Waals surface area contributed by atoms with E-state index in [2.05, 4.69) is 27.1 Å². The van der Waals surface area contributed by atoms with Gasteiger partial charge in [-0.2, -0.15) is 11.8 Å². The normalized spacial score (nSPS) is 11.3. The third-order valence-electron chi connectivity index (χ3n) is 2.17. The van der Waals surface area contributed by atoms with Crippen LogP contribution in [0.5, 0.6) is 0 Å². The second kappa shape index (κ2) is 6.58. The fourth-order valence-electron chi connectivity index (χ4n) is 1.18. The predicted molar refractivity (Wildman–Crippen MR) is 74.9 cm³/mol. The molecule has 0 saturated carbocycles. The highest BCUT2D eigenvalue weighted by atomic mass is 32.2. The average molecular weight is 268 g/mol. The van der Waals surface area contributed by atoms with Crippen molar-refractivity contribution in [1.29, 1.82) is 0 Å². The molecule has 1 amide bonds. The van der Waals surface area contributed by atoms with Gasteiger partial charge in [0.05, 0.1) is 0 Å². The van der Waals surface area contributed by atoms with Gasteiger partial charge in [-0.05, 0) is 0 Å². The van der Waals surface area contributed by atoms with Crippen molar-refractivity contribution in [3.63, 3.8) is 0 Å². The monoisotopic (exact) mass is 268 g/mol. The number of H-pyrrole nitrogens is 1. The van der Waals surface area contributed by atoms with E-state index >= 15 is 0 Å². The lowest BCUT2D eigenvalue weighted by Gasteiger charge is -2.12. The summed E-state index contributed by atoms with van der Waals surface area (Å²) in [5.41, 5.74) is -0.134. The molecule has 0 aliphatic rings. The Hall–Kier alpha value is -1.30. The molecule has 0 fully saturated rings. The van der Waals surface area contributed by atoms with Crippen LogP contribution in [0.4, 0.5) is 0 Å². The number of aromatic amines is 1. The minimum absolute atomic E-state index is 0.134. The molecule has 0 unspecified atom stereocenters. The zero-order valence-corrected chi connectivity index (χ0v) is 11.9. The van der Waals surface area contributed by atoms with Crippen LogP contribution >= 0.6 is 11.8 Å². The maximum atomic E-state index is 11.7. The van der Waals surface area contributed by atoms with Gasteiger partial charge < -0.3 is 5.32 Å². The van der Waals surface area contributed by atoms with Gasteiger partial charge >= 0.3 is 0 Å². The second-order valence-corrected chi connectivity index (χ2v) is 6.03. The topological polar surface area (TPSA) is 70.7 Å². The number of carbonyl (C=O) groups is 1. The molecule has 0 spiro atoms. The van der Waals surface area contributed by atoms with Gasteiger partial charge in [-0.1, -0.05) is 26.8 Å². The van der Waals surface area contributed by atoms with Gasteiger partial charge in [0.15, 0.2) is 0 Å². The Kier molecular flexibility index (Phi) is 5.40. The van der Waals surface area contributed by atoms with E-state index in [0.29, 0.717) is 12.4 Å². The molecule has 6 heteroatoms. The van der Waals surface area contributed by atoms with Gasteiger partial charge in [-0.25, -0.2) is 4.98 Å². The van der Waals surface area contributed by atoms with E-state index < -0.39 is 0 Å². The summed E-state index contributed by atoms with van der Waals surface area (Å²) in [6, 6.07) is 0. The summed E-state index contributed by atoms with van der Waals surface area (Å²) in [5.74, 6) is 2.43. The second-order valence-electron chi connectivity index (χ2n) is 4.88. The molecular weight excluding hydrogens is 248 g/mol. The summed E-state index contributed by atoms with van der Waals surface area (Å²) < 4.78 is 0. The zero-order chi connectivity index (χ0) is 13.6. The summed E-state index contributed by atoms with van der Waals surface area (Å²) in [7, 11) is 0. The Labute approximate surface area is 112 Å². The van der Waals surface area contributed by atoms with E-state index in [9.17, 15) is 4.79 Å². The predicted octanol–water partition coefficient (Wildman–Crippen LogP) is 1.75. The van der Waals surface area contributed by atoms with Crippen molar-refractivity contribution >= 4 is 17.7 Å². The van der Waals surface area contributed by atoms with Crippen molar-refractivity contribution in [2.75, 3.05) is 18.1 Å². The largest absolute Gasteiger partial charge is 0.348 e. The van der Waals surface area contributed by atoms with Crippen LogP contribution in [-0.4, -0.2) is 39.1 Å². The number of aromatic nitrogens is 3. The van der Waals surface area contributed by atoms with Crippen molar-refractivity contribution in [3.8, 4) is 0 Å². The molecule has 0 aliphatic carbocycles. The molecule has 0 saturated heterocycles. The molecule has 5 nitrogen and oxygen atoms in total. The summed E-state index contributed by atoms with van der Waals surface area (Å²) in [5, 5.41) is 9.51. The first-order valence-electron chi connectivity index (χ1n) is 5.85. The quantitative estimate of drug-likeness (QED) is 0.609. The highest BCUT2D eigenvalue weighted by Gasteiger charge is 2.20. The lowest BCUT2D eigenvalue weighted by molar-refractivity contribution is 0.0946. The Morgan fingerprint density at radius 3 is 2.83 bits per heavy atom. The number of carbonyl (C=O) groups excluding carboxylic acids is 1. The van der Waals surface area contributed by atoms with E-state index in [1.165, 1.54) is 0 Å². The number of rotatable bonds is 6. The van der Waals surface area contributed by atoms with E-state index in [1.807, 2.05) is 26.8 Å². The molecule has 100 valence electrons. The van der Waals surface area contributed by atoms with E-state index in [0.717, 1.165) is 11.5 Å². The Balaban J connectivity index is 2.42. The first-order chi connectivity index (χ1) is 8.45.